The van der Waals surface area contributed by atoms with Gasteiger partial charge in [0.05, 0.1) is 6.04 Å². The van der Waals surface area contributed by atoms with Crippen LogP contribution in [-0.2, 0) is 11.2 Å². The molecule has 2 aliphatic rings. The molecule has 108 valence electrons. The molecule has 0 radical (unpaired) electrons. The van der Waals surface area contributed by atoms with Crippen molar-refractivity contribution < 1.29 is 4.79 Å². The Kier molecular flexibility index (Phi) is 4.06. The zero-order valence-corrected chi connectivity index (χ0v) is 12.2. The monoisotopic (exact) mass is 272 g/mol. The Morgan fingerprint density at radius 1 is 1.15 bits per heavy atom. The van der Waals surface area contributed by atoms with Crippen LogP contribution in [0.1, 0.15) is 44.6 Å². The van der Waals surface area contributed by atoms with Gasteiger partial charge in [0.25, 0.3) is 0 Å². The topological polar surface area (TPSA) is 41.1 Å². The standard InChI is InChI=1S/C17H24N2O/c1-12-6-2-4-8-14(12)18-16-11-10-13-7-3-5-9-15(13)19-17(16)20/h3,5,7,9,12,14,16,18H,2,4,6,8,10-11H2,1H3,(H,19,20). The smallest absolute Gasteiger partial charge is 0.241 e. The molecule has 0 saturated heterocycles. The fourth-order valence-electron chi connectivity index (χ4n) is 3.49. The lowest BCUT2D eigenvalue weighted by atomic mass is 9.85. The van der Waals surface area contributed by atoms with E-state index in [-0.39, 0.29) is 11.9 Å². The Labute approximate surface area is 121 Å². The molecular weight excluding hydrogens is 248 g/mol. The highest BCUT2D eigenvalue weighted by Crippen LogP contribution is 2.26. The minimum atomic E-state index is -0.0482. The SMILES string of the molecule is CC1CCCCC1NC1CCc2ccccc2NC1=O. The molecule has 0 aromatic heterocycles. The number of nitrogens with one attached hydrogen (secondary N) is 2. The lowest BCUT2D eigenvalue weighted by Gasteiger charge is -2.32. The summed E-state index contributed by atoms with van der Waals surface area (Å²) in [5.74, 6) is 0.815. The number of para-hydroxylation sites is 1. The summed E-state index contributed by atoms with van der Waals surface area (Å²) in [4.78, 5) is 12.4. The van der Waals surface area contributed by atoms with Gasteiger partial charge in [0.1, 0.15) is 0 Å². The van der Waals surface area contributed by atoms with E-state index >= 15 is 0 Å². The molecule has 1 saturated carbocycles. The third-order valence-electron chi connectivity index (χ3n) is 4.82. The highest BCUT2D eigenvalue weighted by Gasteiger charge is 2.29. The molecule has 2 N–H and O–H groups in total. The molecule has 3 rings (SSSR count). The molecule has 1 aromatic rings. The molecule has 1 aromatic carbocycles. The zero-order chi connectivity index (χ0) is 13.9. The van der Waals surface area contributed by atoms with Crippen LogP contribution in [0.15, 0.2) is 24.3 Å². The fourth-order valence-corrected chi connectivity index (χ4v) is 3.49. The number of carbonyl (C=O) groups excluding carboxylic acids is 1. The van der Waals surface area contributed by atoms with Gasteiger partial charge >= 0.3 is 0 Å². The fraction of sp³-hybridized carbons (Fsp3) is 0.588. The Hall–Kier alpha value is -1.35. The lowest BCUT2D eigenvalue weighted by molar-refractivity contribution is -0.118. The third-order valence-corrected chi connectivity index (χ3v) is 4.82. The summed E-state index contributed by atoms with van der Waals surface area (Å²) >= 11 is 0. The second kappa shape index (κ2) is 5.96. The van der Waals surface area contributed by atoms with Crippen LogP contribution in [-0.4, -0.2) is 18.0 Å². The molecule has 1 fully saturated rings. The van der Waals surface area contributed by atoms with Crippen molar-refractivity contribution in [3.05, 3.63) is 29.8 Å². The Balaban J connectivity index is 1.68. The molecule has 0 spiro atoms. The van der Waals surface area contributed by atoms with Crippen molar-refractivity contribution in [3.63, 3.8) is 0 Å². The van der Waals surface area contributed by atoms with E-state index in [1.807, 2.05) is 18.2 Å². The van der Waals surface area contributed by atoms with Gasteiger partial charge in [-0.05, 0) is 43.2 Å². The predicted octanol–water partition coefficient (Wildman–Crippen LogP) is 3.11. The van der Waals surface area contributed by atoms with Crippen LogP contribution >= 0.6 is 0 Å². The number of fused-ring (bicyclic) bond motifs is 1. The first-order chi connectivity index (χ1) is 9.74. The molecule has 0 bridgehead atoms. The maximum atomic E-state index is 12.4. The average molecular weight is 272 g/mol. The predicted molar refractivity (Wildman–Crippen MR) is 81.7 cm³/mol. The van der Waals surface area contributed by atoms with E-state index in [0.717, 1.165) is 18.5 Å². The van der Waals surface area contributed by atoms with E-state index in [2.05, 4.69) is 23.6 Å². The van der Waals surface area contributed by atoms with Crippen molar-refractivity contribution in [1.82, 2.24) is 5.32 Å². The Morgan fingerprint density at radius 3 is 2.80 bits per heavy atom. The van der Waals surface area contributed by atoms with Gasteiger partial charge in [0.2, 0.25) is 5.91 Å². The molecule has 20 heavy (non-hydrogen) atoms. The Bertz CT molecular complexity index is 486. The van der Waals surface area contributed by atoms with Crippen LogP contribution in [0.25, 0.3) is 0 Å². The van der Waals surface area contributed by atoms with Gasteiger partial charge in [-0.1, -0.05) is 38.0 Å². The lowest BCUT2D eigenvalue weighted by Crippen LogP contribution is -2.48. The van der Waals surface area contributed by atoms with Crippen molar-refractivity contribution in [1.29, 1.82) is 0 Å². The molecule has 1 aliphatic heterocycles. The first-order valence-corrected chi connectivity index (χ1v) is 7.89. The van der Waals surface area contributed by atoms with E-state index in [1.165, 1.54) is 31.2 Å². The average Bonchev–Trinajstić information content (AvgIpc) is 2.61. The normalized spacial score (nSPS) is 30.2. The molecule has 3 unspecified atom stereocenters. The second-order valence-electron chi connectivity index (χ2n) is 6.27. The number of benzene rings is 1. The highest BCUT2D eigenvalue weighted by atomic mass is 16.2. The summed E-state index contributed by atoms with van der Waals surface area (Å²) in [5.41, 5.74) is 2.24. The van der Waals surface area contributed by atoms with E-state index in [9.17, 15) is 4.79 Å². The van der Waals surface area contributed by atoms with Crippen molar-refractivity contribution in [2.75, 3.05) is 5.32 Å². The van der Waals surface area contributed by atoms with E-state index < -0.39 is 0 Å². The Morgan fingerprint density at radius 2 is 1.95 bits per heavy atom. The molecule has 1 heterocycles. The first kappa shape index (κ1) is 13.6. The summed E-state index contributed by atoms with van der Waals surface area (Å²) < 4.78 is 0. The maximum absolute atomic E-state index is 12.4. The first-order valence-electron chi connectivity index (χ1n) is 7.89. The maximum Gasteiger partial charge on any atom is 0.241 e. The van der Waals surface area contributed by atoms with Gasteiger partial charge in [0, 0.05) is 11.7 Å². The number of aryl methyl sites for hydroxylation is 1. The van der Waals surface area contributed by atoms with Crippen LogP contribution < -0.4 is 10.6 Å². The number of anilines is 1. The molecule has 3 heteroatoms. The summed E-state index contributed by atoms with van der Waals surface area (Å²) in [5, 5.41) is 6.70. The largest absolute Gasteiger partial charge is 0.324 e. The van der Waals surface area contributed by atoms with Gasteiger partial charge in [-0.3, -0.25) is 4.79 Å². The highest BCUT2D eigenvalue weighted by molar-refractivity contribution is 5.96. The zero-order valence-electron chi connectivity index (χ0n) is 12.2. The van der Waals surface area contributed by atoms with Gasteiger partial charge in [-0.2, -0.15) is 0 Å². The van der Waals surface area contributed by atoms with Crippen molar-refractivity contribution >= 4 is 11.6 Å². The van der Waals surface area contributed by atoms with Gasteiger partial charge < -0.3 is 10.6 Å². The number of hydrogen-bond acceptors (Lipinski definition) is 2. The quantitative estimate of drug-likeness (QED) is 0.868. The van der Waals surface area contributed by atoms with Crippen LogP contribution in [0.5, 0.6) is 0 Å². The van der Waals surface area contributed by atoms with Gasteiger partial charge in [-0.15, -0.1) is 0 Å². The van der Waals surface area contributed by atoms with Crippen molar-refractivity contribution in [2.45, 2.75) is 57.5 Å². The van der Waals surface area contributed by atoms with E-state index in [0.29, 0.717) is 12.0 Å². The van der Waals surface area contributed by atoms with Crippen molar-refractivity contribution in [2.24, 2.45) is 5.92 Å². The summed E-state index contributed by atoms with van der Waals surface area (Å²) in [6.45, 7) is 2.31. The van der Waals surface area contributed by atoms with Crippen LogP contribution in [0.2, 0.25) is 0 Å². The van der Waals surface area contributed by atoms with Gasteiger partial charge in [-0.25, -0.2) is 0 Å². The minimum Gasteiger partial charge on any atom is -0.324 e. The van der Waals surface area contributed by atoms with E-state index in [4.69, 9.17) is 0 Å². The van der Waals surface area contributed by atoms with E-state index in [1.54, 1.807) is 0 Å². The summed E-state index contributed by atoms with van der Waals surface area (Å²) in [6.07, 6.45) is 6.97. The number of rotatable bonds is 2. The molecule has 1 aliphatic carbocycles. The molecule has 1 amide bonds. The van der Waals surface area contributed by atoms with Crippen LogP contribution in [0, 0.1) is 5.92 Å². The molecule has 3 nitrogen and oxygen atoms in total. The molecular formula is C17H24N2O. The molecule has 3 atom stereocenters. The minimum absolute atomic E-state index is 0.0482. The summed E-state index contributed by atoms with van der Waals surface area (Å²) in [6, 6.07) is 8.59. The number of hydrogen-bond donors (Lipinski definition) is 2. The van der Waals surface area contributed by atoms with Gasteiger partial charge in [0.15, 0.2) is 0 Å². The number of amides is 1. The van der Waals surface area contributed by atoms with Crippen LogP contribution in [0.4, 0.5) is 5.69 Å². The second-order valence-corrected chi connectivity index (χ2v) is 6.27. The number of carbonyl (C=O) groups is 1. The van der Waals surface area contributed by atoms with Crippen molar-refractivity contribution in [3.8, 4) is 0 Å². The third kappa shape index (κ3) is 2.88. The summed E-state index contributed by atoms with van der Waals surface area (Å²) in [7, 11) is 0. The van der Waals surface area contributed by atoms with Crippen LogP contribution in [0.3, 0.4) is 0 Å².